The Morgan fingerprint density at radius 1 is 1.12 bits per heavy atom. The first-order valence-electron chi connectivity index (χ1n) is 6.75. The van der Waals surface area contributed by atoms with Crippen molar-refractivity contribution >= 4 is 57.3 Å². The summed E-state index contributed by atoms with van der Waals surface area (Å²) >= 11 is 15.0. The monoisotopic (exact) mass is 396 g/mol. The molecule has 1 amide bonds. The molecule has 122 valence electrons. The maximum atomic E-state index is 12.0. The molecule has 9 heteroatoms. The quantitative estimate of drug-likeness (QED) is 0.496. The summed E-state index contributed by atoms with van der Waals surface area (Å²) in [7, 11) is 0. The molecule has 24 heavy (non-hydrogen) atoms. The highest BCUT2D eigenvalue weighted by molar-refractivity contribution is 8.00. The summed E-state index contributed by atoms with van der Waals surface area (Å²) < 4.78 is 0.710. The van der Waals surface area contributed by atoms with Gasteiger partial charge in [-0.25, -0.2) is 0 Å². The van der Waals surface area contributed by atoms with Crippen LogP contribution in [0.2, 0.25) is 10.0 Å². The first-order chi connectivity index (χ1) is 11.6. The van der Waals surface area contributed by atoms with E-state index in [9.17, 15) is 4.79 Å². The molecule has 0 atom stereocenters. The van der Waals surface area contributed by atoms with Crippen LogP contribution in [0.5, 0.6) is 0 Å². The van der Waals surface area contributed by atoms with Crippen molar-refractivity contribution in [2.24, 2.45) is 0 Å². The van der Waals surface area contributed by atoms with E-state index in [0.29, 0.717) is 31.0 Å². The minimum absolute atomic E-state index is 0.322. The largest absolute Gasteiger partial charge is 0.295 e. The average molecular weight is 397 g/mol. The topological polar surface area (TPSA) is 67.8 Å². The number of nitrogens with zero attached hydrogens (tertiary/aromatic N) is 3. The highest BCUT2D eigenvalue weighted by Gasteiger charge is 2.12. The molecule has 0 spiro atoms. The Morgan fingerprint density at radius 2 is 1.92 bits per heavy atom. The number of anilines is 1. The van der Waals surface area contributed by atoms with E-state index >= 15 is 0 Å². The van der Waals surface area contributed by atoms with Crippen molar-refractivity contribution in [3.8, 4) is 0 Å². The molecule has 0 aliphatic heterocycles. The molecule has 0 saturated carbocycles. The van der Waals surface area contributed by atoms with E-state index in [0.717, 1.165) is 5.56 Å². The number of pyridine rings is 1. The second kappa shape index (κ2) is 7.94. The van der Waals surface area contributed by atoms with Crippen LogP contribution in [-0.2, 0) is 5.75 Å². The number of thioether (sulfide) groups is 1. The summed E-state index contributed by atoms with van der Waals surface area (Å²) in [4.78, 5) is 16.0. The smallest absolute Gasteiger partial charge is 0.276 e. The third kappa shape index (κ3) is 4.24. The summed E-state index contributed by atoms with van der Waals surface area (Å²) in [6.45, 7) is 0. The van der Waals surface area contributed by atoms with Crippen LogP contribution < -0.4 is 5.32 Å². The number of amides is 1. The Morgan fingerprint density at radius 3 is 2.62 bits per heavy atom. The molecule has 1 aromatic carbocycles. The number of benzene rings is 1. The Kier molecular flexibility index (Phi) is 5.68. The zero-order valence-corrected chi connectivity index (χ0v) is 15.2. The molecule has 0 aliphatic carbocycles. The number of carbonyl (C=O) groups excluding carboxylic acids is 1. The van der Waals surface area contributed by atoms with Gasteiger partial charge in [-0.05, 0) is 29.8 Å². The van der Waals surface area contributed by atoms with Gasteiger partial charge in [-0.3, -0.25) is 15.1 Å². The summed E-state index contributed by atoms with van der Waals surface area (Å²) in [5, 5.41) is 12.3. The molecular weight excluding hydrogens is 387 g/mol. The van der Waals surface area contributed by atoms with Gasteiger partial charge in [0, 0.05) is 22.0 Å². The van der Waals surface area contributed by atoms with Crippen LogP contribution in [0.4, 0.5) is 5.13 Å². The predicted octanol–water partition coefficient (Wildman–Crippen LogP) is 4.78. The fraction of sp³-hybridized carbons (Fsp3) is 0.0667. The molecule has 2 heterocycles. The lowest BCUT2D eigenvalue weighted by molar-refractivity contribution is 0.102. The number of rotatable bonds is 5. The van der Waals surface area contributed by atoms with Crippen LogP contribution in [0, 0.1) is 0 Å². The Balaban J connectivity index is 1.63. The second-order valence-corrected chi connectivity index (χ2v) is 7.55. The molecule has 1 N–H and O–H groups in total. The van der Waals surface area contributed by atoms with E-state index in [1.165, 1.54) is 23.1 Å². The van der Waals surface area contributed by atoms with E-state index in [1.54, 1.807) is 42.6 Å². The van der Waals surface area contributed by atoms with Gasteiger partial charge in [0.2, 0.25) is 5.13 Å². The Hall–Kier alpha value is -1.67. The van der Waals surface area contributed by atoms with Gasteiger partial charge in [0.15, 0.2) is 4.34 Å². The number of halogens is 2. The van der Waals surface area contributed by atoms with Crippen molar-refractivity contribution in [3.63, 3.8) is 0 Å². The van der Waals surface area contributed by atoms with Gasteiger partial charge in [0.05, 0.1) is 0 Å². The van der Waals surface area contributed by atoms with E-state index < -0.39 is 0 Å². The van der Waals surface area contributed by atoms with Crippen molar-refractivity contribution in [2.75, 3.05) is 5.32 Å². The van der Waals surface area contributed by atoms with Gasteiger partial charge in [-0.1, -0.05) is 58.4 Å². The molecule has 0 unspecified atom stereocenters. The van der Waals surface area contributed by atoms with Gasteiger partial charge < -0.3 is 0 Å². The zero-order valence-electron chi connectivity index (χ0n) is 12.1. The van der Waals surface area contributed by atoms with Gasteiger partial charge in [-0.2, -0.15) is 0 Å². The molecule has 5 nitrogen and oxygen atoms in total. The van der Waals surface area contributed by atoms with E-state index in [-0.39, 0.29) is 5.91 Å². The summed E-state index contributed by atoms with van der Waals surface area (Å²) in [6, 6.07) is 10.5. The van der Waals surface area contributed by atoms with E-state index in [4.69, 9.17) is 23.2 Å². The van der Waals surface area contributed by atoms with Crippen LogP contribution in [0.25, 0.3) is 0 Å². The Labute approximate surface area is 156 Å². The Bertz CT molecular complexity index is 837. The maximum Gasteiger partial charge on any atom is 0.276 e. The first kappa shape index (κ1) is 17.2. The van der Waals surface area contributed by atoms with Gasteiger partial charge in [0.1, 0.15) is 5.69 Å². The van der Waals surface area contributed by atoms with E-state index in [1.807, 2.05) is 0 Å². The number of hydrogen-bond acceptors (Lipinski definition) is 6. The third-order valence-corrected chi connectivity index (χ3v) is 5.63. The average Bonchev–Trinajstić information content (AvgIpc) is 3.02. The number of aromatic nitrogens is 3. The molecular formula is C15H10Cl2N4OS2. The van der Waals surface area contributed by atoms with Gasteiger partial charge in [-0.15, -0.1) is 10.2 Å². The lowest BCUT2D eigenvalue weighted by Gasteiger charge is -2.04. The molecule has 3 aromatic rings. The molecule has 0 saturated heterocycles. The molecule has 0 aliphatic rings. The summed E-state index contributed by atoms with van der Waals surface area (Å²) in [5.41, 5.74) is 1.17. The van der Waals surface area contributed by atoms with Crippen molar-refractivity contribution in [2.45, 2.75) is 10.1 Å². The highest BCUT2D eigenvalue weighted by atomic mass is 35.5. The molecule has 3 rings (SSSR count). The summed E-state index contributed by atoms with van der Waals surface area (Å²) in [5.74, 6) is 0.249. The van der Waals surface area contributed by atoms with Crippen molar-refractivity contribution in [3.05, 3.63) is 63.9 Å². The van der Waals surface area contributed by atoms with Crippen LogP contribution >= 0.6 is 46.3 Å². The highest BCUT2D eigenvalue weighted by Crippen LogP contribution is 2.33. The van der Waals surface area contributed by atoms with Crippen LogP contribution in [0.15, 0.2) is 46.9 Å². The van der Waals surface area contributed by atoms with Crippen molar-refractivity contribution in [1.29, 1.82) is 0 Å². The molecule has 0 bridgehead atoms. The zero-order chi connectivity index (χ0) is 16.9. The maximum absolute atomic E-state index is 12.0. The van der Waals surface area contributed by atoms with Crippen LogP contribution in [-0.4, -0.2) is 21.1 Å². The third-order valence-electron chi connectivity index (χ3n) is 2.93. The van der Waals surface area contributed by atoms with Crippen LogP contribution in [0.1, 0.15) is 16.1 Å². The van der Waals surface area contributed by atoms with Crippen molar-refractivity contribution in [1.82, 2.24) is 15.2 Å². The number of hydrogen-bond donors (Lipinski definition) is 1. The lowest BCUT2D eigenvalue weighted by Crippen LogP contribution is -2.13. The number of carbonyl (C=O) groups is 1. The first-order valence-corrected chi connectivity index (χ1v) is 9.31. The molecule has 2 aromatic heterocycles. The minimum atomic E-state index is -0.322. The fourth-order valence-electron chi connectivity index (χ4n) is 1.78. The van der Waals surface area contributed by atoms with Crippen molar-refractivity contribution < 1.29 is 4.79 Å². The normalized spacial score (nSPS) is 10.6. The predicted molar refractivity (Wildman–Crippen MR) is 98.1 cm³/mol. The van der Waals surface area contributed by atoms with E-state index in [2.05, 4.69) is 20.5 Å². The molecule has 0 fully saturated rings. The molecule has 0 radical (unpaired) electrons. The van der Waals surface area contributed by atoms with Gasteiger partial charge in [0.25, 0.3) is 5.91 Å². The standard InChI is InChI=1S/C15H10Cl2N4OS2/c16-10-4-3-5-11(17)9(10)8-23-15-21-20-14(24-15)19-13(22)12-6-1-2-7-18-12/h1-7H,8H2,(H,19,20,22). The van der Waals surface area contributed by atoms with Crippen LogP contribution in [0.3, 0.4) is 0 Å². The van der Waals surface area contributed by atoms with Gasteiger partial charge >= 0.3 is 0 Å². The minimum Gasteiger partial charge on any atom is -0.295 e. The second-order valence-electron chi connectivity index (χ2n) is 4.53. The SMILES string of the molecule is O=C(Nc1nnc(SCc2c(Cl)cccc2Cl)s1)c1ccccn1. The summed E-state index contributed by atoms with van der Waals surface area (Å²) in [6.07, 6.45) is 1.56. The fourth-order valence-corrected chi connectivity index (χ4v) is 4.27. The lowest BCUT2D eigenvalue weighted by atomic mass is 10.2. The number of nitrogens with one attached hydrogen (secondary N) is 1.